The predicted molar refractivity (Wildman–Crippen MR) is 31.7 cm³/mol. The maximum Gasteiger partial charge on any atom is 0.152 e. The number of alkyl halides is 1. The largest absolute Gasteiger partial charge is 0.368 e. The molecule has 0 aliphatic heterocycles. The average Bonchev–Trinajstić information content (AvgIpc) is 1.35. The second-order valence-corrected chi connectivity index (χ2v) is 2.04. The van der Waals surface area contributed by atoms with E-state index >= 15 is 0 Å². The molecule has 0 aromatic carbocycles. The smallest absolute Gasteiger partial charge is 0.152 e. The molecule has 2 nitrogen and oxygen atoms in total. The molecule has 0 saturated heterocycles. The molecular formula is C3H7IO2. The highest BCUT2D eigenvalue weighted by Crippen LogP contribution is 1.90. The lowest BCUT2D eigenvalue weighted by atomic mass is 10.5. The molecule has 0 amide bonds. The van der Waals surface area contributed by atoms with Crippen LogP contribution in [0, 0.1) is 0 Å². The maximum absolute atomic E-state index is 8.10. The van der Waals surface area contributed by atoms with E-state index in [0.717, 1.165) is 4.43 Å². The fourth-order valence-corrected chi connectivity index (χ4v) is 0.655. The van der Waals surface area contributed by atoms with Crippen molar-refractivity contribution in [2.45, 2.75) is 12.7 Å². The molecular weight excluding hydrogens is 195 g/mol. The Hall–Kier alpha value is 0.650. The average molecular weight is 202 g/mol. The summed E-state index contributed by atoms with van der Waals surface area (Å²) >= 11 is 2.08. The van der Waals surface area contributed by atoms with Gasteiger partial charge in [-0.1, -0.05) is 22.6 Å². The molecule has 0 bridgehead atoms. The lowest BCUT2D eigenvalue weighted by molar-refractivity contribution is -0.0399. The topological polar surface area (TPSA) is 40.5 Å². The van der Waals surface area contributed by atoms with Gasteiger partial charge in [0.2, 0.25) is 0 Å². The van der Waals surface area contributed by atoms with Crippen LogP contribution in [0.2, 0.25) is 0 Å². The summed E-state index contributed by atoms with van der Waals surface area (Å²) in [6.45, 7) is 0. The molecule has 0 heterocycles. The molecule has 0 fully saturated rings. The van der Waals surface area contributed by atoms with Gasteiger partial charge in [-0.15, -0.1) is 0 Å². The van der Waals surface area contributed by atoms with Crippen molar-refractivity contribution in [2.75, 3.05) is 4.43 Å². The van der Waals surface area contributed by atoms with Crippen LogP contribution in [0.15, 0.2) is 0 Å². The zero-order valence-electron chi connectivity index (χ0n) is 3.26. The minimum Gasteiger partial charge on any atom is -0.368 e. The Morgan fingerprint density at radius 3 is 2.00 bits per heavy atom. The van der Waals surface area contributed by atoms with Gasteiger partial charge < -0.3 is 10.2 Å². The predicted octanol–water partition coefficient (Wildman–Crippen LogP) is 0.122. The van der Waals surface area contributed by atoms with E-state index in [4.69, 9.17) is 10.2 Å². The lowest BCUT2D eigenvalue weighted by Crippen LogP contribution is -2.03. The van der Waals surface area contributed by atoms with E-state index in [2.05, 4.69) is 22.6 Å². The highest BCUT2D eigenvalue weighted by atomic mass is 127. The third kappa shape index (κ3) is 4.65. The fourth-order valence-electron chi connectivity index (χ4n) is 0.0976. The molecule has 0 aliphatic rings. The molecule has 38 valence electrons. The van der Waals surface area contributed by atoms with Crippen LogP contribution in [0.3, 0.4) is 0 Å². The number of aliphatic hydroxyl groups is 2. The van der Waals surface area contributed by atoms with E-state index in [1.807, 2.05) is 0 Å². The molecule has 2 N–H and O–H groups in total. The minimum atomic E-state index is -1.11. The van der Waals surface area contributed by atoms with Crippen LogP contribution < -0.4 is 0 Å². The normalized spacial score (nSPS) is 10.0. The monoisotopic (exact) mass is 202 g/mol. The number of halogens is 1. The van der Waals surface area contributed by atoms with Crippen molar-refractivity contribution in [1.29, 1.82) is 0 Å². The van der Waals surface area contributed by atoms with Gasteiger partial charge in [-0.25, -0.2) is 0 Å². The van der Waals surface area contributed by atoms with Gasteiger partial charge in [0, 0.05) is 10.8 Å². The van der Waals surface area contributed by atoms with Crippen LogP contribution >= 0.6 is 22.6 Å². The highest BCUT2D eigenvalue weighted by molar-refractivity contribution is 14.1. The van der Waals surface area contributed by atoms with Crippen molar-refractivity contribution in [1.82, 2.24) is 0 Å². The van der Waals surface area contributed by atoms with E-state index < -0.39 is 6.29 Å². The fraction of sp³-hybridized carbons (Fsp3) is 1.00. The third-order valence-corrected chi connectivity index (χ3v) is 0.990. The van der Waals surface area contributed by atoms with E-state index in [1.54, 1.807) is 0 Å². The van der Waals surface area contributed by atoms with Crippen LogP contribution in [0.25, 0.3) is 0 Å². The number of hydrogen-bond acceptors (Lipinski definition) is 2. The van der Waals surface area contributed by atoms with Gasteiger partial charge in [0.1, 0.15) is 0 Å². The molecule has 0 spiro atoms. The van der Waals surface area contributed by atoms with Gasteiger partial charge in [0.05, 0.1) is 0 Å². The van der Waals surface area contributed by atoms with Gasteiger partial charge in [-0.2, -0.15) is 0 Å². The van der Waals surface area contributed by atoms with Crippen molar-refractivity contribution in [3.05, 3.63) is 0 Å². The van der Waals surface area contributed by atoms with Gasteiger partial charge in [-0.05, 0) is 0 Å². The Kier molecular flexibility index (Phi) is 4.24. The van der Waals surface area contributed by atoms with Crippen LogP contribution in [0.1, 0.15) is 6.42 Å². The van der Waals surface area contributed by atoms with Crippen molar-refractivity contribution in [3.63, 3.8) is 0 Å². The molecule has 0 saturated carbocycles. The number of aliphatic hydroxyl groups excluding tert-OH is 1. The third-order valence-electron chi connectivity index (χ3n) is 0.367. The zero-order valence-corrected chi connectivity index (χ0v) is 5.42. The van der Waals surface area contributed by atoms with Crippen molar-refractivity contribution in [2.24, 2.45) is 0 Å². The first-order valence-electron chi connectivity index (χ1n) is 1.69. The molecule has 0 rings (SSSR count). The quantitative estimate of drug-likeness (QED) is 0.379. The van der Waals surface area contributed by atoms with E-state index in [0.29, 0.717) is 6.42 Å². The van der Waals surface area contributed by atoms with Gasteiger partial charge in [0.15, 0.2) is 6.29 Å². The van der Waals surface area contributed by atoms with Crippen LogP contribution in [0.5, 0.6) is 0 Å². The first-order valence-corrected chi connectivity index (χ1v) is 3.22. The first kappa shape index (κ1) is 6.65. The molecule has 6 heavy (non-hydrogen) atoms. The standard InChI is InChI=1S/C3H7IO2/c4-2-1-3(5)6/h3,5-6H,1-2H2. The van der Waals surface area contributed by atoms with Crippen LogP contribution in [-0.2, 0) is 0 Å². The SMILES string of the molecule is OC(O)CCI. The van der Waals surface area contributed by atoms with Gasteiger partial charge in [0.25, 0.3) is 0 Å². The van der Waals surface area contributed by atoms with E-state index in [9.17, 15) is 0 Å². The van der Waals surface area contributed by atoms with E-state index in [1.165, 1.54) is 0 Å². The Labute approximate surface area is 50.3 Å². The van der Waals surface area contributed by atoms with Crippen LogP contribution in [0.4, 0.5) is 0 Å². The van der Waals surface area contributed by atoms with E-state index in [-0.39, 0.29) is 0 Å². The van der Waals surface area contributed by atoms with Crippen molar-refractivity contribution >= 4 is 22.6 Å². The Morgan fingerprint density at radius 2 is 2.00 bits per heavy atom. The summed E-state index contributed by atoms with van der Waals surface area (Å²) in [5.41, 5.74) is 0. The molecule has 0 atom stereocenters. The van der Waals surface area contributed by atoms with Crippen LogP contribution in [-0.4, -0.2) is 20.9 Å². The summed E-state index contributed by atoms with van der Waals surface area (Å²) in [5.74, 6) is 0. The Morgan fingerprint density at radius 1 is 1.50 bits per heavy atom. The van der Waals surface area contributed by atoms with Gasteiger partial charge >= 0.3 is 0 Å². The molecule has 0 unspecified atom stereocenters. The second kappa shape index (κ2) is 3.83. The van der Waals surface area contributed by atoms with Crippen molar-refractivity contribution < 1.29 is 10.2 Å². The van der Waals surface area contributed by atoms with Gasteiger partial charge in [-0.3, -0.25) is 0 Å². The molecule has 0 aromatic rings. The molecule has 0 aromatic heterocycles. The maximum atomic E-state index is 8.10. The molecule has 0 radical (unpaired) electrons. The second-order valence-electron chi connectivity index (χ2n) is 0.958. The number of rotatable bonds is 2. The molecule has 3 heteroatoms. The summed E-state index contributed by atoms with van der Waals surface area (Å²) in [7, 11) is 0. The van der Waals surface area contributed by atoms with Crippen molar-refractivity contribution in [3.8, 4) is 0 Å². The lowest BCUT2D eigenvalue weighted by Gasteiger charge is -1.94. The Balaban J connectivity index is 2.63. The zero-order chi connectivity index (χ0) is 4.99. The minimum absolute atomic E-state index is 0.473. The summed E-state index contributed by atoms with van der Waals surface area (Å²) in [6.07, 6.45) is -0.637. The first-order chi connectivity index (χ1) is 2.77. The summed E-state index contributed by atoms with van der Waals surface area (Å²) < 4.78 is 0.801. The highest BCUT2D eigenvalue weighted by Gasteiger charge is 1.90. The summed E-state index contributed by atoms with van der Waals surface area (Å²) in [5, 5.41) is 16.2. The molecule has 0 aliphatic carbocycles. The summed E-state index contributed by atoms with van der Waals surface area (Å²) in [6, 6.07) is 0. The number of hydrogen-bond donors (Lipinski definition) is 2. The Bertz CT molecular complexity index is 30.0. The summed E-state index contributed by atoms with van der Waals surface area (Å²) in [4.78, 5) is 0.